The van der Waals surface area contributed by atoms with Crippen LogP contribution in [-0.2, 0) is 4.79 Å². The average molecular weight is 267 g/mol. The zero-order chi connectivity index (χ0) is 13.5. The van der Waals surface area contributed by atoms with E-state index >= 15 is 0 Å². The van der Waals surface area contributed by atoms with Gasteiger partial charge in [-0.05, 0) is 30.2 Å². The zero-order valence-corrected chi connectivity index (χ0v) is 11.1. The molecule has 0 saturated carbocycles. The monoisotopic (exact) mass is 266 g/mol. The summed E-state index contributed by atoms with van der Waals surface area (Å²) in [5.74, 6) is 0.312. The van der Waals surface area contributed by atoms with Crippen LogP contribution in [0.25, 0.3) is 0 Å². The number of hydrogen-bond acceptors (Lipinski definition) is 3. The highest BCUT2D eigenvalue weighted by Crippen LogP contribution is 2.15. The normalized spacial score (nSPS) is 11.7. The molecule has 1 N–H and O–H groups in total. The number of nitrogens with one attached hydrogen (secondary N) is 1. The third kappa shape index (κ3) is 4.64. The minimum Gasteiger partial charge on any atom is -0.484 e. The second kappa shape index (κ2) is 6.87. The Morgan fingerprint density at radius 3 is 2.56 bits per heavy atom. The van der Waals surface area contributed by atoms with Crippen LogP contribution in [0.15, 0.2) is 24.3 Å². The topological polar surface area (TPSA) is 62.1 Å². The number of carbonyl (C=O) groups excluding carboxylic acids is 1. The van der Waals surface area contributed by atoms with Crippen LogP contribution < -0.4 is 10.1 Å². The highest BCUT2D eigenvalue weighted by atomic mass is 35.5. The first-order chi connectivity index (χ1) is 8.52. The number of nitriles is 1. The molecule has 1 aromatic carbocycles. The predicted octanol–water partition coefficient (Wildman–Crippen LogP) is 2.38. The lowest BCUT2D eigenvalue weighted by Crippen LogP contribution is -2.40. The lowest BCUT2D eigenvalue weighted by molar-refractivity contribution is -0.123. The van der Waals surface area contributed by atoms with Crippen molar-refractivity contribution in [1.29, 1.82) is 5.26 Å². The first-order valence-electron chi connectivity index (χ1n) is 5.60. The molecule has 0 bridgehead atoms. The Morgan fingerprint density at radius 1 is 1.44 bits per heavy atom. The summed E-state index contributed by atoms with van der Waals surface area (Å²) in [5.41, 5.74) is 0. The molecule has 96 valence electrons. The molecule has 0 aliphatic rings. The van der Waals surface area contributed by atoms with Crippen molar-refractivity contribution in [3.05, 3.63) is 29.3 Å². The number of hydrogen-bond donors (Lipinski definition) is 1. The number of halogens is 1. The Balaban J connectivity index is 2.42. The molecule has 0 aromatic heterocycles. The van der Waals surface area contributed by atoms with Gasteiger partial charge in [0.25, 0.3) is 5.91 Å². The molecule has 0 saturated heterocycles. The fourth-order valence-electron chi connectivity index (χ4n) is 1.24. The van der Waals surface area contributed by atoms with E-state index in [0.29, 0.717) is 10.8 Å². The van der Waals surface area contributed by atoms with Gasteiger partial charge >= 0.3 is 0 Å². The highest BCUT2D eigenvalue weighted by molar-refractivity contribution is 6.30. The third-order valence-corrected chi connectivity index (χ3v) is 2.56. The van der Waals surface area contributed by atoms with Gasteiger partial charge in [-0.3, -0.25) is 4.79 Å². The van der Waals surface area contributed by atoms with Gasteiger partial charge in [-0.15, -0.1) is 0 Å². The number of benzene rings is 1. The Bertz CT molecular complexity index is 437. The van der Waals surface area contributed by atoms with E-state index in [1.165, 1.54) is 0 Å². The maximum Gasteiger partial charge on any atom is 0.258 e. The second-order valence-electron chi connectivity index (χ2n) is 4.16. The Kier molecular flexibility index (Phi) is 5.47. The Labute approximate surface area is 112 Å². The van der Waals surface area contributed by atoms with E-state index in [1.807, 2.05) is 19.9 Å². The number of carbonyl (C=O) groups is 1. The highest BCUT2D eigenvalue weighted by Gasteiger charge is 2.15. The van der Waals surface area contributed by atoms with Crippen LogP contribution in [0.5, 0.6) is 5.75 Å². The lowest BCUT2D eigenvalue weighted by atomic mass is 10.1. The van der Waals surface area contributed by atoms with E-state index in [9.17, 15) is 4.79 Å². The van der Waals surface area contributed by atoms with Crippen molar-refractivity contribution in [3.63, 3.8) is 0 Å². The van der Waals surface area contributed by atoms with E-state index in [0.717, 1.165) is 0 Å². The van der Waals surface area contributed by atoms with E-state index in [-0.39, 0.29) is 18.4 Å². The summed E-state index contributed by atoms with van der Waals surface area (Å²) in [4.78, 5) is 11.5. The molecule has 1 aromatic rings. The summed E-state index contributed by atoms with van der Waals surface area (Å²) in [5, 5.41) is 12.0. The van der Waals surface area contributed by atoms with E-state index in [2.05, 4.69) is 5.32 Å². The summed E-state index contributed by atoms with van der Waals surface area (Å²) in [6.07, 6.45) is 0. The molecule has 0 spiro atoms. The van der Waals surface area contributed by atoms with Crippen LogP contribution >= 0.6 is 11.6 Å². The molecule has 5 heteroatoms. The van der Waals surface area contributed by atoms with Gasteiger partial charge < -0.3 is 10.1 Å². The Morgan fingerprint density at radius 2 is 2.06 bits per heavy atom. The molecule has 0 aliphatic carbocycles. The molecule has 1 atom stereocenters. The smallest absolute Gasteiger partial charge is 0.258 e. The third-order valence-electron chi connectivity index (χ3n) is 2.31. The van der Waals surface area contributed by atoms with E-state index in [1.54, 1.807) is 24.3 Å². The molecule has 4 nitrogen and oxygen atoms in total. The van der Waals surface area contributed by atoms with Crippen LogP contribution in [0.3, 0.4) is 0 Å². The molecule has 1 unspecified atom stereocenters. The minimum absolute atomic E-state index is 0.0643. The van der Waals surface area contributed by atoms with Crippen molar-refractivity contribution in [1.82, 2.24) is 5.32 Å². The fraction of sp³-hybridized carbons (Fsp3) is 0.385. The van der Waals surface area contributed by atoms with Gasteiger partial charge in [0.05, 0.1) is 6.07 Å². The first kappa shape index (κ1) is 14.3. The number of ether oxygens (including phenoxy) is 1. The van der Waals surface area contributed by atoms with Crippen LogP contribution in [0.2, 0.25) is 5.02 Å². The first-order valence-corrected chi connectivity index (χ1v) is 5.98. The summed E-state index contributed by atoms with van der Waals surface area (Å²) < 4.78 is 5.27. The maximum atomic E-state index is 11.5. The van der Waals surface area contributed by atoms with Crippen LogP contribution in [0.4, 0.5) is 0 Å². The van der Waals surface area contributed by atoms with Crippen molar-refractivity contribution in [2.75, 3.05) is 6.61 Å². The van der Waals surface area contributed by atoms with Crippen molar-refractivity contribution in [2.45, 2.75) is 19.9 Å². The summed E-state index contributed by atoms with van der Waals surface area (Å²) >= 11 is 5.73. The van der Waals surface area contributed by atoms with Crippen LogP contribution in [-0.4, -0.2) is 18.6 Å². The molecule has 0 radical (unpaired) electrons. The SMILES string of the molecule is CC(C)C(C#N)NC(=O)COc1ccc(Cl)cc1. The fourth-order valence-corrected chi connectivity index (χ4v) is 1.37. The van der Waals surface area contributed by atoms with Crippen LogP contribution in [0.1, 0.15) is 13.8 Å². The van der Waals surface area contributed by atoms with Crippen molar-refractivity contribution >= 4 is 17.5 Å². The summed E-state index contributed by atoms with van der Waals surface area (Å²) in [6.45, 7) is 3.62. The summed E-state index contributed by atoms with van der Waals surface area (Å²) in [7, 11) is 0. The Hall–Kier alpha value is -1.73. The van der Waals surface area contributed by atoms with Gasteiger partial charge in [0.15, 0.2) is 6.61 Å². The number of nitrogens with zero attached hydrogens (tertiary/aromatic N) is 1. The molecular weight excluding hydrogens is 252 g/mol. The van der Waals surface area contributed by atoms with Crippen molar-refractivity contribution in [3.8, 4) is 11.8 Å². The van der Waals surface area contributed by atoms with E-state index < -0.39 is 6.04 Å². The molecule has 0 heterocycles. The number of rotatable bonds is 5. The predicted molar refractivity (Wildman–Crippen MR) is 69.3 cm³/mol. The van der Waals surface area contributed by atoms with Gasteiger partial charge in [0.1, 0.15) is 11.8 Å². The molecule has 0 aliphatic heterocycles. The summed E-state index contributed by atoms with van der Waals surface area (Å²) in [6, 6.07) is 8.26. The van der Waals surface area contributed by atoms with E-state index in [4.69, 9.17) is 21.6 Å². The van der Waals surface area contributed by atoms with Crippen molar-refractivity contribution < 1.29 is 9.53 Å². The van der Waals surface area contributed by atoms with Gasteiger partial charge in [-0.1, -0.05) is 25.4 Å². The minimum atomic E-state index is -0.494. The van der Waals surface area contributed by atoms with Gasteiger partial charge in [0, 0.05) is 5.02 Å². The lowest BCUT2D eigenvalue weighted by Gasteiger charge is -2.15. The second-order valence-corrected chi connectivity index (χ2v) is 4.60. The number of amides is 1. The zero-order valence-electron chi connectivity index (χ0n) is 10.3. The van der Waals surface area contributed by atoms with Crippen LogP contribution in [0, 0.1) is 17.2 Å². The van der Waals surface area contributed by atoms with Gasteiger partial charge in [0.2, 0.25) is 0 Å². The molecular formula is C13H15ClN2O2. The van der Waals surface area contributed by atoms with Gasteiger partial charge in [-0.25, -0.2) is 0 Å². The molecule has 18 heavy (non-hydrogen) atoms. The average Bonchev–Trinajstić information content (AvgIpc) is 2.35. The van der Waals surface area contributed by atoms with Crippen molar-refractivity contribution in [2.24, 2.45) is 5.92 Å². The quantitative estimate of drug-likeness (QED) is 0.890. The van der Waals surface area contributed by atoms with Gasteiger partial charge in [-0.2, -0.15) is 5.26 Å². The molecule has 1 amide bonds. The largest absolute Gasteiger partial charge is 0.484 e. The standard InChI is InChI=1S/C13H15ClN2O2/c1-9(2)12(7-15)16-13(17)8-18-11-5-3-10(14)4-6-11/h3-6,9,12H,8H2,1-2H3,(H,16,17). The molecule has 0 fully saturated rings. The maximum absolute atomic E-state index is 11.5. The molecule has 1 rings (SSSR count).